The minimum Gasteiger partial charge on any atom is -0.482 e. The lowest BCUT2D eigenvalue weighted by Gasteiger charge is -2.27. The average molecular weight is 263 g/mol. The fourth-order valence-electron chi connectivity index (χ4n) is 2.60. The van der Waals surface area contributed by atoms with Crippen LogP contribution in [-0.4, -0.2) is 26.2 Å². The van der Waals surface area contributed by atoms with Crippen LogP contribution in [0.5, 0.6) is 5.75 Å². The molecule has 0 saturated carbocycles. The standard InChI is InChI=1S/C15H21NO3/c1-3-16-13-8-4-7-12-11(13)6-5-9-14(12)19-10-15(17)18-2/h5-6,9,13,16H,3-4,7-8,10H2,1-2H3. The van der Waals surface area contributed by atoms with E-state index in [1.807, 2.05) is 12.1 Å². The first-order valence-electron chi connectivity index (χ1n) is 6.81. The number of methoxy groups -OCH3 is 1. The molecule has 0 heterocycles. The number of nitrogens with one attached hydrogen (secondary N) is 1. The molecule has 1 unspecified atom stereocenters. The second kappa shape index (κ2) is 6.57. The first-order valence-corrected chi connectivity index (χ1v) is 6.81. The molecule has 0 aromatic heterocycles. The maximum atomic E-state index is 11.2. The molecule has 1 aromatic carbocycles. The zero-order valence-corrected chi connectivity index (χ0v) is 11.6. The van der Waals surface area contributed by atoms with E-state index in [0.717, 1.165) is 31.6 Å². The third-order valence-corrected chi connectivity index (χ3v) is 3.49. The predicted octanol–water partition coefficient (Wildman–Crippen LogP) is 2.23. The molecule has 1 aromatic rings. The van der Waals surface area contributed by atoms with Gasteiger partial charge in [-0.3, -0.25) is 0 Å². The molecular weight excluding hydrogens is 242 g/mol. The molecule has 0 fully saturated rings. The van der Waals surface area contributed by atoms with Crippen LogP contribution in [0.3, 0.4) is 0 Å². The van der Waals surface area contributed by atoms with E-state index >= 15 is 0 Å². The monoisotopic (exact) mass is 263 g/mol. The van der Waals surface area contributed by atoms with Crippen LogP contribution in [0.25, 0.3) is 0 Å². The summed E-state index contributed by atoms with van der Waals surface area (Å²) in [6.45, 7) is 3.04. The van der Waals surface area contributed by atoms with Gasteiger partial charge >= 0.3 is 5.97 Å². The van der Waals surface area contributed by atoms with Crippen LogP contribution in [0, 0.1) is 0 Å². The quantitative estimate of drug-likeness (QED) is 0.828. The number of carbonyl (C=O) groups excluding carboxylic acids is 1. The van der Waals surface area contributed by atoms with E-state index in [0.29, 0.717) is 6.04 Å². The number of hydrogen-bond acceptors (Lipinski definition) is 4. The minimum absolute atomic E-state index is 0.0289. The molecule has 0 saturated heterocycles. The van der Waals surface area contributed by atoms with Gasteiger partial charge in [-0.25, -0.2) is 4.79 Å². The summed E-state index contributed by atoms with van der Waals surface area (Å²) in [7, 11) is 1.37. The summed E-state index contributed by atoms with van der Waals surface area (Å²) in [4.78, 5) is 11.2. The molecule has 104 valence electrons. The Labute approximate surface area is 114 Å². The molecule has 0 amide bonds. The largest absolute Gasteiger partial charge is 0.482 e. The van der Waals surface area contributed by atoms with Gasteiger partial charge in [-0.2, -0.15) is 0 Å². The lowest BCUT2D eigenvalue weighted by molar-refractivity contribution is -0.142. The summed E-state index contributed by atoms with van der Waals surface area (Å²) in [5.74, 6) is 0.460. The van der Waals surface area contributed by atoms with Crippen LogP contribution >= 0.6 is 0 Å². The molecule has 4 heteroatoms. The molecule has 1 atom stereocenters. The Morgan fingerprint density at radius 3 is 3.05 bits per heavy atom. The third kappa shape index (κ3) is 3.26. The Bertz CT molecular complexity index is 445. The van der Waals surface area contributed by atoms with Crippen molar-refractivity contribution in [2.24, 2.45) is 0 Å². The van der Waals surface area contributed by atoms with Crippen LogP contribution in [0.15, 0.2) is 18.2 Å². The van der Waals surface area contributed by atoms with Crippen molar-refractivity contribution < 1.29 is 14.3 Å². The van der Waals surface area contributed by atoms with Crippen molar-refractivity contribution in [1.82, 2.24) is 5.32 Å². The van der Waals surface area contributed by atoms with E-state index in [9.17, 15) is 4.79 Å². The van der Waals surface area contributed by atoms with Crippen molar-refractivity contribution in [1.29, 1.82) is 0 Å². The smallest absolute Gasteiger partial charge is 0.343 e. The lowest BCUT2D eigenvalue weighted by atomic mass is 9.87. The van der Waals surface area contributed by atoms with Gasteiger partial charge < -0.3 is 14.8 Å². The van der Waals surface area contributed by atoms with Crippen LogP contribution in [0.2, 0.25) is 0 Å². The zero-order chi connectivity index (χ0) is 13.7. The minimum atomic E-state index is -0.350. The van der Waals surface area contributed by atoms with Crippen LogP contribution in [-0.2, 0) is 16.0 Å². The molecule has 1 aliphatic rings. The first-order chi connectivity index (χ1) is 9.26. The summed E-state index contributed by atoms with van der Waals surface area (Å²) in [5, 5.41) is 3.50. The van der Waals surface area contributed by atoms with Crippen LogP contribution < -0.4 is 10.1 Å². The summed E-state index contributed by atoms with van der Waals surface area (Å²) < 4.78 is 10.2. The molecule has 19 heavy (non-hydrogen) atoms. The summed E-state index contributed by atoms with van der Waals surface area (Å²) in [6.07, 6.45) is 3.30. The maximum absolute atomic E-state index is 11.2. The van der Waals surface area contributed by atoms with E-state index in [1.54, 1.807) is 0 Å². The third-order valence-electron chi connectivity index (χ3n) is 3.49. The number of fused-ring (bicyclic) bond motifs is 1. The van der Waals surface area contributed by atoms with Crippen molar-refractivity contribution in [2.75, 3.05) is 20.3 Å². The van der Waals surface area contributed by atoms with E-state index in [-0.39, 0.29) is 12.6 Å². The van der Waals surface area contributed by atoms with Crippen molar-refractivity contribution in [3.8, 4) is 5.75 Å². The molecule has 4 nitrogen and oxygen atoms in total. The summed E-state index contributed by atoms with van der Waals surface area (Å²) >= 11 is 0. The first kappa shape index (κ1) is 13.9. The normalized spacial score (nSPS) is 17.7. The highest BCUT2D eigenvalue weighted by Gasteiger charge is 2.22. The van der Waals surface area contributed by atoms with Crippen LogP contribution in [0.1, 0.15) is 36.9 Å². The topological polar surface area (TPSA) is 47.6 Å². The summed E-state index contributed by atoms with van der Waals surface area (Å²) in [5.41, 5.74) is 2.53. The van der Waals surface area contributed by atoms with Gasteiger partial charge in [0.15, 0.2) is 6.61 Å². The second-order valence-corrected chi connectivity index (χ2v) is 4.69. The molecular formula is C15H21NO3. The Kier molecular flexibility index (Phi) is 4.80. The van der Waals surface area contributed by atoms with E-state index in [2.05, 4.69) is 23.0 Å². The molecule has 0 aliphatic heterocycles. The number of esters is 1. The van der Waals surface area contributed by atoms with Crippen molar-refractivity contribution in [3.05, 3.63) is 29.3 Å². The SMILES string of the molecule is CCNC1CCCc2c(OCC(=O)OC)cccc21. The van der Waals surface area contributed by atoms with Gasteiger partial charge in [0.1, 0.15) is 5.75 Å². The van der Waals surface area contributed by atoms with Gasteiger partial charge in [0.2, 0.25) is 0 Å². The highest BCUT2D eigenvalue weighted by atomic mass is 16.6. The Morgan fingerprint density at radius 1 is 1.47 bits per heavy atom. The Hall–Kier alpha value is -1.55. The summed E-state index contributed by atoms with van der Waals surface area (Å²) in [6, 6.07) is 6.46. The maximum Gasteiger partial charge on any atom is 0.343 e. The van der Waals surface area contributed by atoms with Gasteiger partial charge in [-0.15, -0.1) is 0 Å². The Morgan fingerprint density at radius 2 is 2.32 bits per heavy atom. The highest BCUT2D eigenvalue weighted by molar-refractivity contribution is 5.71. The Balaban J connectivity index is 2.17. The van der Waals surface area contributed by atoms with Gasteiger partial charge in [0.25, 0.3) is 0 Å². The van der Waals surface area contributed by atoms with E-state index in [4.69, 9.17) is 4.74 Å². The number of carbonyl (C=O) groups is 1. The van der Waals surface area contributed by atoms with Gasteiger partial charge in [0.05, 0.1) is 7.11 Å². The zero-order valence-electron chi connectivity index (χ0n) is 11.6. The van der Waals surface area contributed by atoms with Gasteiger partial charge in [-0.05, 0) is 43.0 Å². The highest BCUT2D eigenvalue weighted by Crippen LogP contribution is 2.35. The predicted molar refractivity (Wildman–Crippen MR) is 73.3 cm³/mol. The molecule has 0 spiro atoms. The molecule has 0 radical (unpaired) electrons. The van der Waals surface area contributed by atoms with Gasteiger partial charge in [0, 0.05) is 6.04 Å². The van der Waals surface area contributed by atoms with Crippen molar-refractivity contribution in [3.63, 3.8) is 0 Å². The fraction of sp³-hybridized carbons (Fsp3) is 0.533. The van der Waals surface area contributed by atoms with Gasteiger partial charge in [-0.1, -0.05) is 19.1 Å². The number of benzene rings is 1. The molecule has 1 aliphatic carbocycles. The molecule has 2 rings (SSSR count). The second-order valence-electron chi connectivity index (χ2n) is 4.69. The van der Waals surface area contributed by atoms with Crippen molar-refractivity contribution >= 4 is 5.97 Å². The van der Waals surface area contributed by atoms with E-state index in [1.165, 1.54) is 18.2 Å². The van der Waals surface area contributed by atoms with Crippen LogP contribution in [0.4, 0.5) is 0 Å². The number of hydrogen-bond donors (Lipinski definition) is 1. The lowest BCUT2D eigenvalue weighted by Crippen LogP contribution is -2.25. The molecule has 1 N–H and O–H groups in total. The molecule has 0 bridgehead atoms. The van der Waals surface area contributed by atoms with Crippen molar-refractivity contribution in [2.45, 2.75) is 32.2 Å². The fourth-order valence-corrected chi connectivity index (χ4v) is 2.60. The number of rotatable bonds is 5. The van der Waals surface area contributed by atoms with E-state index < -0.39 is 0 Å². The average Bonchev–Trinajstić information content (AvgIpc) is 2.45. The number of ether oxygens (including phenoxy) is 2.